The van der Waals surface area contributed by atoms with E-state index < -0.39 is 46.3 Å². The number of phenols is 1. The Hall–Kier alpha value is -3.81. The van der Waals surface area contributed by atoms with Crippen LogP contribution >= 0.6 is 0 Å². The topological polar surface area (TPSA) is 127 Å². The zero-order valence-electron chi connectivity index (χ0n) is 37.9. The Labute approximate surface area is 361 Å². The van der Waals surface area contributed by atoms with Crippen LogP contribution < -0.4 is 9.47 Å². The minimum Gasteiger partial charge on any atom is -0.506 e. The molecule has 7 atom stereocenters. The summed E-state index contributed by atoms with van der Waals surface area (Å²) in [4.78, 5) is 51.5. The molecule has 9 rings (SSSR count). The fraction of sp³-hybridized carbons (Fsp3) is 0.653. The number of aromatic hydroxyl groups is 1. The number of allylic oxidation sites excluding steroid dienone is 4. The minimum atomic E-state index is -1.62. The molecule has 1 amide bonds. The molecule has 1 N–H and O–H groups in total. The summed E-state index contributed by atoms with van der Waals surface area (Å²) in [6.07, 6.45) is 11.5. The third kappa shape index (κ3) is 7.41. The molecular weight excluding hydrogens is 775 g/mol. The molecule has 4 bridgehead atoms. The molecule has 12 nitrogen and oxygen atoms in total. The zero-order valence-corrected chi connectivity index (χ0v) is 37.9. The van der Waals surface area contributed by atoms with E-state index in [1.54, 1.807) is 6.92 Å². The summed E-state index contributed by atoms with van der Waals surface area (Å²) < 4.78 is 34.1. The van der Waals surface area contributed by atoms with Crippen LogP contribution in [0.2, 0.25) is 0 Å². The number of amides is 1. The van der Waals surface area contributed by atoms with Crippen molar-refractivity contribution in [1.29, 1.82) is 0 Å². The third-order valence-electron chi connectivity index (χ3n) is 14.6. The summed E-state index contributed by atoms with van der Waals surface area (Å²) in [5.41, 5.74) is -0.700. The van der Waals surface area contributed by atoms with Gasteiger partial charge in [0.25, 0.3) is 0 Å². The summed E-state index contributed by atoms with van der Waals surface area (Å²) in [6, 6.07) is 0. The van der Waals surface area contributed by atoms with E-state index in [1.165, 1.54) is 5.57 Å². The summed E-state index contributed by atoms with van der Waals surface area (Å²) in [6.45, 7) is 22.6. The van der Waals surface area contributed by atoms with Gasteiger partial charge >= 0.3 is 0 Å². The first kappa shape index (κ1) is 43.8. The summed E-state index contributed by atoms with van der Waals surface area (Å²) in [5, 5.41) is 12.3. The molecule has 1 spiro atoms. The number of ketones is 2. The Kier molecular flexibility index (Phi) is 11.8. The van der Waals surface area contributed by atoms with Crippen molar-refractivity contribution in [2.75, 3.05) is 72.7 Å². The van der Waals surface area contributed by atoms with Crippen LogP contribution in [0.4, 0.5) is 0 Å². The molecule has 1 aromatic rings. The van der Waals surface area contributed by atoms with Crippen LogP contribution in [0.15, 0.2) is 41.0 Å². The van der Waals surface area contributed by atoms with Crippen molar-refractivity contribution in [2.24, 2.45) is 17.8 Å². The fourth-order valence-corrected chi connectivity index (χ4v) is 11.4. The van der Waals surface area contributed by atoms with Gasteiger partial charge < -0.3 is 38.6 Å². The van der Waals surface area contributed by atoms with E-state index in [-0.39, 0.29) is 41.0 Å². The quantitative estimate of drug-likeness (QED) is 0.187. The van der Waals surface area contributed by atoms with Gasteiger partial charge in [0.15, 0.2) is 22.8 Å². The second-order valence-electron chi connectivity index (χ2n) is 19.8. The van der Waals surface area contributed by atoms with Crippen LogP contribution in [0.3, 0.4) is 0 Å². The second kappa shape index (κ2) is 16.4. The second-order valence-corrected chi connectivity index (χ2v) is 19.8. The van der Waals surface area contributed by atoms with Crippen LogP contribution in [-0.2, 0) is 30.2 Å². The number of likely N-dealkylation sites (N-methyl/N-ethyl adjacent to an activating group) is 1. The number of piperazine rings is 1. The van der Waals surface area contributed by atoms with Crippen molar-refractivity contribution in [1.82, 2.24) is 14.7 Å². The average Bonchev–Trinajstić information content (AvgIpc) is 3.35. The van der Waals surface area contributed by atoms with Crippen LogP contribution in [0.25, 0.3) is 6.08 Å². The average molecular weight is 842 g/mol. The van der Waals surface area contributed by atoms with E-state index >= 15 is 9.59 Å². The minimum absolute atomic E-state index is 0.0507. The Morgan fingerprint density at radius 2 is 1.64 bits per heavy atom. The number of benzene rings is 1. The maximum Gasteiger partial charge on any atom is 0.249 e. The van der Waals surface area contributed by atoms with Gasteiger partial charge in [-0.15, -0.1) is 0 Å². The standard InChI is InChI=1S/C49H67N3O9/c1-30(2)11-10-16-47(8)17-15-33-39(53)37-40(54)38-43(58-28-25-51-23-26-57-27-24-51)35-29-36-46(6,7)61-48(44(35)55,18-14-32(5)45(56)52-21-19-50(9)20-22-52)49(36,38)60-42(37)34(41(33)59-47)13-12-31(3)4/h11-12,14-15,17,35-36,38,43,53H,10,13,16,18-29H2,1-9H3. The summed E-state index contributed by atoms with van der Waals surface area (Å²) in [7, 11) is 2.05. The van der Waals surface area contributed by atoms with Crippen molar-refractivity contribution in [3.8, 4) is 17.2 Å². The molecule has 332 valence electrons. The molecule has 0 aromatic heterocycles. The number of Topliss-reactive ketones (excluding diaryl/α,β-unsaturated/α-hetero) is 2. The molecule has 3 saturated carbocycles. The predicted molar refractivity (Wildman–Crippen MR) is 233 cm³/mol. The van der Waals surface area contributed by atoms with Gasteiger partial charge in [-0.1, -0.05) is 29.4 Å². The van der Waals surface area contributed by atoms with Gasteiger partial charge in [0.2, 0.25) is 5.91 Å². The van der Waals surface area contributed by atoms with Crippen molar-refractivity contribution >= 4 is 23.5 Å². The van der Waals surface area contributed by atoms with E-state index in [1.807, 2.05) is 57.7 Å². The van der Waals surface area contributed by atoms with Crippen LogP contribution in [0.5, 0.6) is 17.2 Å². The molecule has 3 saturated heterocycles. The number of carbonyl (C=O) groups is 3. The van der Waals surface area contributed by atoms with E-state index in [2.05, 4.69) is 42.8 Å². The smallest absolute Gasteiger partial charge is 0.249 e. The maximum absolute atomic E-state index is 15.8. The zero-order chi connectivity index (χ0) is 43.6. The Morgan fingerprint density at radius 1 is 0.934 bits per heavy atom. The number of fused-ring (bicyclic) bond motifs is 2. The van der Waals surface area contributed by atoms with Crippen LogP contribution in [0.1, 0.15) is 103 Å². The lowest BCUT2D eigenvalue weighted by Gasteiger charge is -2.62. The lowest BCUT2D eigenvalue weighted by atomic mass is 9.45. The monoisotopic (exact) mass is 841 g/mol. The van der Waals surface area contributed by atoms with Crippen molar-refractivity contribution < 1.29 is 43.2 Å². The van der Waals surface area contributed by atoms with Gasteiger partial charge in [0.1, 0.15) is 28.4 Å². The third-order valence-corrected chi connectivity index (χ3v) is 14.6. The number of ether oxygens (including phenoxy) is 5. The number of hydrogen-bond donors (Lipinski definition) is 1. The van der Waals surface area contributed by atoms with Crippen molar-refractivity contribution in [2.45, 2.75) is 116 Å². The van der Waals surface area contributed by atoms with Crippen molar-refractivity contribution in [3.63, 3.8) is 0 Å². The number of hydrogen-bond acceptors (Lipinski definition) is 11. The molecular formula is C49H67N3O9. The van der Waals surface area contributed by atoms with E-state index in [4.69, 9.17) is 23.7 Å². The number of carbonyl (C=O) groups excluding carboxylic acids is 3. The molecule has 1 aromatic carbocycles. The van der Waals surface area contributed by atoms with Gasteiger partial charge in [-0.05, 0) is 100 Å². The molecule has 6 fully saturated rings. The van der Waals surface area contributed by atoms with Gasteiger partial charge in [0.05, 0.1) is 43.0 Å². The summed E-state index contributed by atoms with van der Waals surface area (Å²) in [5.74, 6) is -2.05. The SMILES string of the molecule is CC(C)=CCCC1(C)C=Cc2c(O)c3c(c(CC=C(C)C)c2O1)OC12C(C3=O)C(OCCN3CCOCC3)C3CC1C(C)(C)OC2(CC=C(C)C(=O)N1CCN(C)CC1)C3=O. The van der Waals surface area contributed by atoms with Gasteiger partial charge in [-0.3, -0.25) is 19.3 Å². The Bertz CT molecular complexity index is 2070. The lowest BCUT2D eigenvalue weighted by Crippen LogP contribution is -2.80. The molecule has 0 radical (unpaired) electrons. The van der Waals surface area contributed by atoms with Crippen molar-refractivity contribution in [3.05, 3.63) is 57.7 Å². The van der Waals surface area contributed by atoms with Gasteiger partial charge in [-0.25, -0.2) is 0 Å². The summed E-state index contributed by atoms with van der Waals surface area (Å²) >= 11 is 0. The maximum atomic E-state index is 15.8. The molecule has 5 heterocycles. The first-order valence-electron chi connectivity index (χ1n) is 22.5. The van der Waals surface area contributed by atoms with Crippen LogP contribution in [0, 0.1) is 17.8 Å². The first-order valence-corrected chi connectivity index (χ1v) is 22.5. The fourth-order valence-electron chi connectivity index (χ4n) is 11.4. The molecule has 61 heavy (non-hydrogen) atoms. The lowest BCUT2D eigenvalue weighted by molar-refractivity contribution is -0.227. The number of phenolic OH excluding ortho intramolecular Hbond substituents is 1. The predicted octanol–water partition coefficient (Wildman–Crippen LogP) is 6.34. The highest BCUT2D eigenvalue weighted by Gasteiger charge is 2.85. The van der Waals surface area contributed by atoms with Gasteiger partial charge in [-0.2, -0.15) is 0 Å². The number of morpholine rings is 1. The highest BCUT2D eigenvalue weighted by atomic mass is 16.6. The highest BCUT2D eigenvalue weighted by Crippen LogP contribution is 2.71. The largest absolute Gasteiger partial charge is 0.506 e. The van der Waals surface area contributed by atoms with Crippen LogP contribution in [-0.4, -0.2) is 138 Å². The first-order chi connectivity index (χ1) is 28.9. The number of rotatable bonds is 12. The highest BCUT2D eigenvalue weighted by molar-refractivity contribution is 6.10. The number of nitrogens with zero attached hydrogens (tertiary/aromatic N) is 3. The Morgan fingerprint density at radius 3 is 2.33 bits per heavy atom. The van der Waals surface area contributed by atoms with E-state index in [0.29, 0.717) is 81.2 Å². The van der Waals surface area contributed by atoms with Gasteiger partial charge in [0, 0.05) is 75.2 Å². The van der Waals surface area contributed by atoms with E-state index in [0.717, 1.165) is 38.2 Å². The molecule has 8 aliphatic rings. The molecule has 12 heteroatoms. The van der Waals surface area contributed by atoms with E-state index in [9.17, 15) is 9.90 Å². The molecule has 5 aliphatic heterocycles. The molecule has 3 aliphatic carbocycles. The molecule has 7 unspecified atom stereocenters. The normalized spacial score (nSPS) is 32.7. The Balaban J connectivity index is 1.27.